The van der Waals surface area contributed by atoms with Crippen LogP contribution in [0.5, 0.6) is 0 Å². The maximum absolute atomic E-state index is 12.7. The summed E-state index contributed by atoms with van der Waals surface area (Å²) in [7, 11) is 0. The number of ether oxygens (including phenoxy) is 1. The summed E-state index contributed by atoms with van der Waals surface area (Å²) >= 11 is 8.74. The van der Waals surface area contributed by atoms with E-state index in [2.05, 4.69) is 10.2 Å². The van der Waals surface area contributed by atoms with Crippen LogP contribution in [0.1, 0.15) is 26.1 Å². The third kappa shape index (κ3) is 4.60. The van der Waals surface area contributed by atoms with Crippen molar-refractivity contribution in [2.45, 2.75) is 37.2 Å². The molecule has 0 spiro atoms. The van der Waals surface area contributed by atoms with Crippen molar-refractivity contribution >= 4 is 50.9 Å². The van der Waals surface area contributed by atoms with Crippen LogP contribution in [0.2, 0.25) is 5.02 Å². The molecular weight excluding hydrogens is 468 g/mol. The van der Waals surface area contributed by atoms with E-state index in [4.69, 9.17) is 16.3 Å². The summed E-state index contributed by atoms with van der Waals surface area (Å²) in [5.41, 5.74) is 1.60. The molecular formula is C22H21ClN4O3S2. The zero-order valence-electron chi connectivity index (χ0n) is 17.5. The Balaban J connectivity index is 1.78. The number of aromatic nitrogens is 4. The number of nitrogens with zero attached hydrogens (tertiary/aromatic N) is 4. The highest BCUT2D eigenvalue weighted by Gasteiger charge is 2.25. The Kier molecular flexibility index (Phi) is 6.98. The normalized spacial score (nSPS) is 12.2. The third-order valence-corrected chi connectivity index (χ3v) is 7.29. The van der Waals surface area contributed by atoms with E-state index in [1.54, 1.807) is 23.6 Å². The summed E-state index contributed by atoms with van der Waals surface area (Å²) in [5.74, 6) is 0.279. The van der Waals surface area contributed by atoms with Crippen LogP contribution in [0.25, 0.3) is 15.9 Å². The third-order valence-electron chi connectivity index (χ3n) is 4.81. The maximum Gasteiger partial charge on any atom is 0.319 e. The molecule has 0 saturated carbocycles. The molecule has 0 aliphatic carbocycles. The molecule has 166 valence electrons. The molecule has 0 saturated heterocycles. The highest BCUT2D eigenvalue weighted by molar-refractivity contribution is 8.00. The Hall–Kier alpha value is -2.62. The van der Waals surface area contributed by atoms with Crippen LogP contribution < -0.4 is 4.87 Å². The number of halogens is 1. The highest BCUT2D eigenvalue weighted by atomic mass is 35.5. The Bertz CT molecular complexity index is 1310. The van der Waals surface area contributed by atoms with E-state index in [1.807, 2.05) is 47.9 Å². The van der Waals surface area contributed by atoms with Gasteiger partial charge in [0, 0.05) is 5.02 Å². The lowest BCUT2D eigenvalue weighted by atomic mass is 10.3. The second kappa shape index (κ2) is 9.89. The molecule has 0 aliphatic heterocycles. The number of rotatable bonds is 8. The standard InChI is InChI=1S/C22H21ClN4O3S2/c1-3-17(20(28)30-4-2)31-21-25-24-19(27(21)15-9-7-8-14(23)12-15)13-26-16-10-5-6-11-18(16)32-22(26)29/h5-12,17H,3-4,13H2,1-2H3/t17-/m0/s1. The first-order chi connectivity index (χ1) is 15.5. The van der Waals surface area contributed by atoms with E-state index in [0.717, 1.165) is 15.9 Å². The Morgan fingerprint density at radius 2 is 2.00 bits per heavy atom. The van der Waals surface area contributed by atoms with Gasteiger partial charge in [0.2, 0.25) is 0 Å². The molecule has 32 heavy (non-hydrogen) atoms. The fraction of sp³-hybridized carbons (Fsp3) is 0.273. The van der Waals surface area contributed by atoms with E-state index in [9.17, 15) is 9.59 Å². The molecule has 4 rings (SSSR count). The molecule has 0 aliphatic rings. The molecule has 7 nitrogen and oxygen atoms in total. The number of thioether (sulfide) groups is 1. The van der Waals surface area contributed by atoms with Crippen molar-refractivity contribution in [3.8, 4) is 5.69 Å². The molecule has 0 amide bonds. The van der Waals surface area contributed by atoms with Gasteiger partial charge in [0.15, 0.2) is 11.0 Å². The minimum Gasteiger partial charge on any atom is -0.465 e. The zero-order chi connectivity index (χ0) is 22.7. The predicted molar refractivity (Wildman–Crippen MR) is 128 cm³/mol. The number of thiazole rings is 1. The average molecular weight is 489 g/mol. The van der Waals surface area contributed by atoms with Crippen molar-refractivity contribution in [2.75, 3.05) is 6.61 Å². The van der Waals surface area contributed by atoms with E-state index in [1.165, 1.54) is 23.1 Å². The van der Waals surface area contributed by atoms with Crippen LogP contribution >= 0.6 is 34.7 Å². The molecule has 0 bridgehead atoms. The first-order valence-electron chi connectivity index (χ1n) is 10.1. The molecule has 2 aromatic heterocycles. The lowest BCUT2D eigenvalue weighted by molar-refractivity contribution is -0.142. The number of esters is 1. The highest BCUT2D eigenvalue weighted by Crippen LogP contribution is 2.29. The minimum absolute atomic E-state index is 0.0704. The largest absolute Gasteiger partial charge is 0.465 e. The minimum atomic E-state index is -0.422. The number of benzene rings is 2. The first-order valence-corrected chi connectivity index (χ1v) is 12.2. The summed E-state index contributed by atoms with van der Waals surface area (Å²) in [4.78, 5) is 25.0. The van der Waals surface area contributed by atoms with Gasteiger partial charge in [-0.3, -0.25) is 18.7 Å². The van der Waals surface area contributed by atoms with E-state index in [0.29, 0.717) is 29.0 Å². The Morgan fingerprint density at radius 1 is 1.19 bits per heavy atom. The lowest BCUT2D eigenvalue weighted by Crippen LogP contribution is -2.20. The molecule has 1 atom stereocenters. The van der Waals surface area contributed by atoms with Crippen molar-refractivity contribution in [3.63, 3.8) is 0 Å². The van der Waals surface area contributed by atoms with Gasteiger partial charge in [0.25, 0.3) is 0 Å². The van der Waals surface area contributed by atoms with Crippen LogP contribution in [0.15, 0.2) is 58.5 Å². The molecule has 0 radical (unpaired) electrons. The van der Waals surface area contributed by atoms with Gasteiger partial charge in [-0.25, -0.2) is 0 Å². The topological polar surface area (TPSA) is 79.0 Å². The second-order valence-corrected chi connectivity index (χ2v) is 9.50. The van der Waals surface area contributed by atoms with Gasteiger partial charge in [0.1, 0.15) is 5.25 Å². The van der Waals surface area contributed by atoms with Crippen molar-refractivity contribution < 1.29 is 9.53 Å². The number of carbonyl (C=O) groups excluding carboxylic acids is 1. The van der Waals surface area contributed by atoms with Gasteiger partial charge in [0.05, 0.1) is 29.1 Å². The summed E-state index contributed by atoms with van der Waals surface area (Å²) in [5, 5.41) is 9.41. The van der Waals surface area contributed by atoms with Gasteiger partial charge in [-0.05, 0) is 43.7 Å². The average Bonchev–Trinajstić information content (AvgIpc) is 3.32. The number of hydrogen-bond acceptors (Lipinski definition) is 7. The van der Waals surface area contributed by atoms with E-state index in [-0.39, 0.29) is 17.4 Å². The summed E-state index contributed by atoms with van der Waals surface area (Å²) in [6.45, 7) is 4.26. The van der Waals surface area contributed by atoms with Crippen molar-refractivity contribution in [1.29, 1.82) is 0 Å². The van der Waals surface area contributed by atoms with Gasteiger partial charge in [-0.1, -0.05) is 59.8 Å². The van der Waals surface area contributed by atoms with Crippen LogP contribution in [0.3, 0.4) is 0 Å². The van der Waals surface area contributed by atoms with Gasteiger partial charge in [-0.2, -0.15) is 0 Å². The fourth-order valence-corrected chi connectivity index (χ4v) is 5.38. The summed E-state index contributed by atoms with van der Waals surface area (Å²) in [6, 6.07) is 15.0. The number of hydrogen-bond donors (Lipinski definition) is 0. The quantitative estimate of drug-likeness (QED) is 0.262. The second-order valence-electron chi connectivity index (χ2n) is 6.90. The van der Waals surface area contributed by atoms with Crippen molar-refractivity contribution in [3.05, 3.63) is 69.0 Å². The molecule has 2 heterocycles. The first kappa shape index (κ1) is 22.6. The summed E-state index contributed by atoms with van der Waals surface area (Å²) < 4.78 is 9.64. The zero-order valence-corrected chi connectivity index (χ0v) is 19.9. The Morgan fingerprint density at radius 3 is 2.75 bits per heavy atom. The van der Waals surface area contributed by atoms with Crippen LogP contribution in [-0.2, 0) is 16.1 Å². The summed E-state index contributed by atoms with van der Waals surface area (Å²) in [6.07, 6.45) is 0.579. The fourth-order valence-electron chi connectivity index (χ4n) is 3.32. The molecule has 0 fully saturated rings. The van der Waals surface area contributed by atoms with Crippen LogP contribution in [-0.4, -0.2) is 37.2 Å². The number of carbonyl (C=O) groups is 1. The van der Waals surface area contributed by atoms with Gasteiger partial charge >= 0.3 is 10.8 Å². The monoisotopic (exact) mass is 488 g/mol. The predicted octanol–water partition coefficient (Wildman–Crippen LogP) is 4.78. The lowest BCUT2D eigenvalue weighted by Gasteiger charge is -2.15. The number of para-hydroxylation sites is 1. The van der Waals surface area contributed by atoms with E-state index >= 15 is 0 Å². The maximum atomic E-state index is 12.7. The SMILES string of the molecule is CCOC(=O)[C@H](CC)Sc1nnc(Cn2c(=O)sc3ccccc32)n1-c1cccc(Cl)c1. The molecule has 0 N–H and O–H groups in total. The number of fused-ring (bicyclic) bond motifs is 1. The van der Waals surface area contributed by atoms with Crippen molar-refractivity contribution in [2.24, 2.45) is 0 Å². The van der Waals surface area contributed by atoms with Crippen molar-refractivity contribution in [1.82, 2.24) is 19.3 Å². The molecule has 2 aromatic carbocycles. The van der Waals surface area contributed by atoms with E-state index < -0.39 is 5.25 Å². The van der Waals surface area contributed by atoms with Crippen LogP contribution in [0.4, 0.5) is 0 Å². The van der Waals surface area contributed by atoms with Crippen LogP contribution in [0, 0.1) is 0 Å². The molecule has 10 heteroatoms. The molecule has 0 unspecified atom stereocenters. The Labute approximate surface area is 198 Å². The molecule has 4 aromatic rings. The smallest absolute Gasteiger partial charge is 0.319 e. The van der Waals surface area contributed by atoms with Gasteiger partial charge < -0.3 is 4.74 Å². The van der Waals surface area contributed by atoms with Gasteiger partial charge in [-0.15, -0.1) is 10.2 Å².